The maximum Gasteiger partial charge on any atom is 0.317 e. The third-order valence-electron chi connectivity index (χ3n) is 2.72. The first kappa shape index (κ1) is 16.7. The van der Waals surface area contributed by atoms with Crippen molar-refractivity contribution in [3.63, 3.8) is 0 Å². The van der Waals surface area contributed by atoms with Crippen molar-refractivity contribution < 1.29 is 19.4 Å². The molecule has 6 heteroatoms. The second kappa shape index (κ2) is 8.74. The first-order valence-electron chi connectivity index (χ1n) is 6.19. The van der Waals surface area contributed by atoms with Crippen LogP contribution in [-0.2, 0) is 9.53 Å². The summed E-state index contributed by atoms with van der Waals surface area (Å²) in [5.74, 6) is -1.46. The number of nitrogens with one attached hydrogen (secondary N) is 1. The van der Waals surface area contributed by atoms with Crippen molar-refractivity contribution in [3.05, 3.63) is 0 Å². The second-order valence-corrected chi connectivity index (χ2v) is 4.49. The highest BCUT2D eigenvalue weighted by Gasteiger charge is 2.22. The number of ether oxygens (including phenoxy) is 1. The Labute approximate surface area is 108 Å². The molecule has 2 N–H and O–H groups in total. The van der Waals surface area contributed by atoms with E-state index >= 15 is 0 Å². The van der Waals surface area contributed by atoms with Crippen molar-refractivity contribution in [2.75, 3.05) is 33.4 Å². The Morgan fingerprint density at radius 3 is 2.44 bits per heavy atom. The minimum atomic E-state index is -0.887. The van der Waals surface area contributed by atoms with Gasteiger partial charge in [0.25, 0.3) is 0 Å². The summed E-state index contributed by atoms with van der Waals surface area (Å²) in [6, 6.07) is -0.276. The molecule has 18 heavy (non-hydrogen) atoms. The van der Waals surface area contributed by atoms with Gasteiger partial charge in [-0.25, -0.2) is 4.79 Å². The van der Waals surface area contributed by atoms with E-state index in [2.05, 4.69) is 5.32 Å². The number of carbonyl (C=O) groups excluding carboxylic acids is 1. The molecule has 0 saturated carbocycles. The third kappa shape index (κ3) is 6.44. The summed E-state index contributed by atoms with van der Waals surface area (Å²) in [6.07, 6.45) is 0. The summed E-state index contributed by atoms with van der Waals surface area (Å²) in [5, 5.41) is 11.6. The number of rotatable bonds is 8. The fourth-order valence-corrected chi connectivity index (χ4v) is 1.39. The van der Waals surface area contributed by atoms with Gasteiger partial charge in [0.15, 0.2) is 0 Å². The molecule has 106 valence electrons. The predicted octanol–water partition coefficient (Wildman–Crippen LogP) is 1.02. The molecule has 0 aromatic carbocycles. The van der Waals surface area contributed by atoms with Crippen LogP contribution in [0.25, 0.3) is 0 Å². The summed E-state index contributed by atoms with van der Waals surface area (Å²) in [6.45, 7) is 7.26. The summed E-state index contributed by atoms with van der Waals surface area (Å²) in [5.41, 5.74) is 0. The molecule has 1 atom stereocenters. The van der Waals surface area contributed by atoms with Crippen LogP contribution < -0.4 is 5.32 Å². The molecule has 0 bridgehead atoms. The van der Waals surface area contributed by atoms with E-state index in [-0.39, 0.29) is 18.5 Å². The predicted molar refractivity (Wildman–Crippen MR) is 68.5 cm³/mol. The van der Waals surface area contributed by atoms with E-state index in [9.17, 15) is 9.59 Å². The number of aliphatic carboxylic acids is 1. The molecular weight excluding hydrogens is 236 g/mol. The third-order valence-corrected chi connectivity index (χ3v) is 2.72. The van der Waals surface area contributed by atoms with Gasteiger partial charge < -0.3 is 20.1 Å². The Morgan fingerprint density at radius 1 is 1.39 bits per heavy atom. The van der Waals surface area contributed by atoms with Crippen LogP contribution >= 0.6 is 0 Å². The van der Waals surface area contributed by atoms with E-state index in [4.69, 9.17) is 9.84 Å². The number of nitrogens with zero attached hydrogens (tertiary/aromatic N) is 1. The lowest BCUT2D eigenvalue weighted by atomic mass is 9.96. The minimum absolute atomic E-state index is 0.0171. The van der Waals surface area contributed by atoms with E-state index in [1.807, 2.05) is 20.8 Å². The van der Waals surface area contributed by atoms with Crippen LogP contribution in [0.1, 0.15) is 20.8 Å². The van der Waals surface area contributed by atoms with E-state index in [0.717, 1.165) is 0 Å². The molecule has 0 aliphatic carbocycles. The Balaban J connectivity index is 4.03. The lowest BCUT2D eigenvalue weighted by molar-refractivity contribution is -0.142. The number of hydrogen-bond acceptors (Lipinski definition) is 3. The number of amides is 2. The molecule has 0 aromatic rings. The Morgan fingerprint density at radius 2 is 2.00 bits per heavy atom. The van der Waals surface area contributed by atoms with E-state index in [1.54, 1.807) is 7.05 Å². The molecule has 0 fully saturated rings. The fraction of sp³-hybridized carbons (Fsp3) is 0.833. The molecule has 0 saturated heterocycles. The minimum Gasteiger partial charge on any atom is -0.481 e. The molecule has 0 radical (unpaired) electrons. The van der Waals surface area contributed by atoms with E-state index in [0.29, 0.717) is 19.8 Å². The van der Waals surface area contributed by atoms with E-state index in [1.165, 1.54) is 4.90 Å². The zero-order valence-electron chi connectivity index (χ0n) is 11.6. The van der Waals surface area contributed by atoms with Crippen LogP contribution in [0.15, 0.2) is 0 Å². The topological polar surface area (TPSA) is 78.9 Å². The highest BCUT2D eigenvalue weighted by molar-refractivity contribution is 5.75. The SMILES string of the molecule is CCOCCN(C)C(=O)NCC(C(=O)O)C(C)C. The van der Waals surface area contributed by atoms with Crippen molar-refractivity contribution in [3.8, 4) is 0 Å². The Bertz CT molecular complexity index is 269. The molecule has 2 amide bonds. The maximum atomic E-state index is 11.7. The molecule has 0 rings (SSSR count). The van der Waals surface area contributed by atoms with Gasteiger partial charge >= 0.3 is 12.0 Å². The van der Waals surface area contributed by atoms with Crippen LogP contribution in [0.3, 0.4) is 0 Å². The summed E-state index contributed by atoms with van der Waals surface area (Å²) in [7, 11) is 1.65. The zero-order chi connectivity index (χ0) is 14.1. The van der Waals surface area contributed by atoms with Crippen LogP contribution in [0.5, 0.6) is 0 Å². The molecule has 0 aliphatic rings. The average Bonchev–Trinajstić information content (AvgIpc) is 2.28. The number of carboxylic acids is 1. The fourth-order valence-electron chi connectivity index (χ4n) is 1.39. The number of carbonyl (C=O) groups is 2. The van der Waals surface area contributed by atoms with Gasteiger partial charge in [-0.1, -0.05) is 13.8 Å². The number of carboxylic acid groups (broad SMARTS) is 1. The molecule has 0 aromatic heterocycles. The highest BCUT2D eigenvalue weighted by atomic mass is 16.5. The van der Waals surface area contributed by atoms with Gasteiger partial charge in [0, 0.05) is 26.7 Å². The van der Waals surface area contributed by atoms with Gasteiger partial charge in [-0.2, -0.15) is 0 Å². The Hall–Kier alpha value is -1.30. The first-order valence-corrected chi connectivity index (χ1v) is 6.19. The molecule has 0 aliphatic heterocycles. The van der Waals surface area contributed by atoms with Gasteiger partial charge in [0.1, 0.15) is 0 Å². The van der Waals surface area contributed by atoms with Gasteiger partial charge in [0.2, 0.25) is 0 Å². The number of hydrogen-bond donors (Lipinski definition) is 2. The van der Waals surface area contributed by atoms with Crippen molar-refractivity contribution in [1.82, 2.24) is 10.2 Å². The number of urea groups is 1. The van der Waals surface area contributed by atoms with Crippen LogP contribution in [0.2, 0.25) is 0 Å². The van der Waals surface area contributed by atoms with Gasteiger partial charge in [-0.15, -0.1) is 0 Å². The van der Waals surface area contributed by atoms with Crippen LogP contribution in [0, 0.1) is 11.8 Å². The molecule has 6 nitrogen and oxygen atoms in total. The van der Waals surface area contributed by atoms with Gasteiger partial charge in [-0.05, 0) is 12.8 Å². The number of likely N-dealkylation sites (N-methyl/N-ethyl adjacent to an activating group) is 1. The first-order chi connectivity index (χ1) is 8.40. The molecule has 0 heterocycles. The lowest BCUT2D eigenvalue weighted by Crippen LogP contribution is -2.43. The van der Waals surface area contributed by atoms with Crippen molar-refractivity contribution in [2.45, 2.75) is 20.8 Å². The summed E-state index contributed by atoms with van der Waals surface area (Å²) < 4.78 is 5.14. The summed E-state index contributed by atoms with van der Waals surface area (Å²) >= 11 is 0. The second-order valence-electron chi connectivity index (χ2n) is 4.49. The largest absolute Gasteiger partial charge is 0.481 e. The zero-order valence-corrected chi connectivity index (χ0v) is 11.6. The maximum absolute atomic E-state index is 11.7. The average molecular weight is 260 g/mol. The standard InChI is InChI=1S/C12H24N2O4/c1-5-18-7-6-14(4)12(17)13-8-10(9(2)3)11(15)16/h9-10H,5-8H2,1-4H3,(H,13,17)(H,15,16). The highest BCUT2D eigenvalue weighted by Crippen LogP contribution is 2.09. The van der Waals surface area contributed by atoms with Crippen molar-refractivity contribution in [2.24, 2.45) is 11.8 Å². The van der Waals surface area contributed by atoms with Crippen molar-refractivity contribution >= 4 is 12.0 Å². The van der Waals surface area contributed by atoms with Crippen LogP contribution in [-0.4, -0.2) is 55.4 Å². The van der Waals surface area contributed by atoms with Crippen molar-refractivity contribution in [1.29, 1.82) is 0 Å². The molecular formula is C12H24N2O4. The quantitative estimate of drug-likeness (QED) is 0.639. The lowest BCUT2D eigenvalue weighted by Gasteiger charge is -2.21. The summed E-state index contributed by atoms with van der Waals surface area (Å²) in [4.78, 5) is 24.1. The van der Waals surface area contributed by atoms with Gasteiger partial charge in [0.05, 0.1) is 12.5 Å². The monoisotopic (exact) mass is 260 g/mol. The van der Waals surface area contributed by atoms with Gasteiger partial charge in [-0.3, -0.25) is 4.79 Å². The molecule has 1 unspecified atom stereocenters. The van der Waals surface area contributed by atoms with E-state index < -0.39 is 11.9 Å². The Kier molecular flexibility index (Phi) is 8.11. The smallest absolute Gasteiger partial charge is 0.317 e. The van der Waals surface area contributed by atoms with Crippen LogP contribution in [0.4, 0.5) is 4.79 Å². The molecule has 0 spiro atoms. The normalized spacial score (nSPS) is 12.3.